The summed E-state index contributed by atoms with van der Waals surface area (Å²) in [4.78, 5) is 43.9. The van der Waals surface area contributed by atoms with E-state index in [4.69, 9.17) is 11.6 Å². The van der Waals surface area contributed by atoms with E-state index in [-0.39, 0.29) is 34.5 Å². The lowest BCUT2D eigenvalue weighted by Crippen LogP contribution is -2.44. The lowest BCUT2D eigenvalue weighted by atomic mass is 9.94. The van der Waals surface area contributed by atoms with E-state index >= 15 is 0 Å². The van der Waals surface area contributed by atoms with Crippen molar-refractivity contribution >= 4 is 40.0 Å². The molecule has 2 aromatic carbocycles. The lowest BCUT2D eigenvalue weighted by molar-refractivity contribution is -0.130. The van der Waals surface area contributed by atoms with Gasteiger partial charge in [0.15, 0.2) is 0 Å². The fourth-order valence-electron chi connectivity index (χ4n) is 4.64. The van der Waals surface area contributed by atoms with Crippen molar-refractivity contribution in [3.63, 3.8) is 0 Å². The van der Waals surface area contributed by atoms with Crippen LogP contribution in [0.3, 0.4) is 0 Å². The second-order valence-electron chi connectivity index (χ2n) is 8.96. The summed E-state index contributed by atoms with van der Waals surface area (Å²) in [5, 5.41) is 4.09. The first kappa shape index (κ1) is 24.7. The number of piperidine rings is 1. The molecule has 35 heavy (non-hydrogen) atoms. The van der Waals surface area contributed by atoms with Crippen LogP contribution in [0.5, 0.6) is 0 Å². The molecule has 1 saturated heterocycles. The fourth-order valence-corrected chi connectivity index (χ4v) is 4.82. The summed E-state index contributed by atoms with van der Waals surface area (Å²) in [5.74, 6) is -0.309. The highest BCUT2D eigenvalue weighted by Gasteiger charge is 2.29. The number of aromatic nitrogens is 1. The summed E-state index contributed by atoms with van der Waals surface area (Å²) in [5.41, 5.74) is 1.01. The number of halogens is 2. The molecule has 0 saturated carbocycles. The van der Waals surface area contributed by atoms with Crippen molar-refractivity contribution in [3.05, 3.63) is 75.4 Å². The number of rotatable bonds is 5. The van der Waals surface area contributed by atoms with Gasteiger partial charge in [-0.05, 0) is 60.9 Å². The van der Waals surface area contributed by atoms with E-state index in [9.17, 15) is 18.8 Å². The third kappa shape index (κ3) is 5.48. The summed E-state index contributed by atoms with van der Waals surface area (Å²) in [6.07, 6.45) is 3.22. The average Bonchev–Trinajstić information content (AvgIpc) is 2.85. The van der Waals surface area contributed by atoms with Crippen molar-refractivity contribution in [2.45, 2.75) is 32.7 Å². The van der Waals surface area contributed by atoms with E-state index in [1.807, 2.05) is 24.0 Å². The average molecular weight is 499 g/mol. The topological polar surface area (TPSA) is 85.5 Å². The molecule has 1 atom stereocenters. The minimum absolute atomic E-state index is 0.0549. The van der Waals surface area contributed by atoms with Crippen LogP contribution in [0.4, 0.5) is 14.9 Å². The predicted molar refractivity (Wildman–Crippen MR) is 135 cm³/mol. The summed E-state index contributed by atoms with van der Waals surface area (Å²) in [6.45, 7) is 5.25. The molecule has 0 bridgehead atoms. The van der Waals surface area contributed by atoms with Gasteiger partial charge in [-0.2, -0.15) is 0 Å². The first-order chi connectivity index (χ1) is 16.7. The number of benzene rings is 2. The van der Waals surface area contributed by atoms with E-state index in [1.165, 1.54) is 18.2 Å². The fraction of sp³-hybridized carbons (Fsp3) is 0.346. The number of hydrogen-bond donors (Lipinski definition) is 2. The van der Waals surface area contributed by atoms with Crippen LogP contribution in [0.15, 0.2) is 53.5 Å². The summed E-state index contributed by atoms with van der Waals surface area (Å²) >= 11 is 5.90. The Kier molecular flexibility index (Phi) is 7.40. The van der Waals surface area contributed by atoms with Crippen molar-refractivity contribution in [2.24, 2.45) is 5.92 Å². The molecule has 0 unspecified atom stereocenters. The Morgan fingerprint density at radius 1 is 1.20 bits per heavy atom. The molecule has 3 aromatic rings. The van der Waals surface area contributed by atoms with Crippen LogP contribution in [0.25, 0.3) is 10.8 Å². The minimum atomic E-state index is -0.563. The van der Waals surface area contributed by atoms with Gasteiger partial charge in [0.05, 0.1) is 11.1 Å². The molecule has 1 aliphatic rings. The van der Waals surface area contributed by atoms with Crippen LogP contribution in [-0.4, -0.2) is 46.4 Å². The second kappa shape index (κ2) is 10.5. The number of anilines is 1. The Bertz CT molecular complexity index is 1300. The Hall–Kier alpha value is -3.39. The maximum absolute atomic E-state index is 13.6. The highest BCUT2D eigenvalue weighted by atomic mass is 35.5. The number of amides is 3. The molecule has 1 aliphatic heterocycles. The van der Waals surface area contributed by atoms with Gasteiger partial charge < -0.3 is 20.1 Å². The molecule has 1 fully saturated rings. The van der Waals surface area contributed by atoms with Crippen LogP contribution in [0, 0.1) is 11.7 Å². The van der Waals surface area contributed by atoms with E-state index in [0.717, 1.165) is 23.8 Å². The molecular formula is C26H28ClFN4O3. The zero-order chi connectivity index (χ0) is 25.1. The molecule has 1 aromatic heterocycles. The van der Waals surface area contributed by atoms with Gasteiger partial charge in [0.2, 0.25) is 5.91 Å². The van der Waals surface area contributed by atoms with Crippen molar-refractivity contribution in [3.8, 4) is 0 Å². The van der Waals surface area contributed by atoms with E-state index in [0.29, 0.717) is 30.7 Å². The molecule has 0 radical (unpaired) electrons. The molecule has 184 valence electrons. The van der Waals surface area contributed by atoms with Crippen LogP contribution in [-0.2, 0) is 4.79 Å². The normalized spacial score (nSPS) is 15.1. The number of nitrogens with one attached hydrogen (secondary N) is 2. The highest BCUT2D eigenvalue weighted by molar-refractivity contribution is 6.31. The lowest BCUT2D eigenvalue weighted by Gasteiger charge is -2.37. The quantitative estimate of drug-likeness (QED) is 0.508. The van der Waals surface area contributed by atoms with Gasteiger partial charge in [0.1, 0.15) is 5.82 Å². The highest BCUT2D eigenvalue weighted by Crippen LogP contribution is 2.30. The number of carbonyl (C=O) groups is 2. The standard InChI is InChI=1S/C26H28ClFN4O3/c1-16(22-14-29-25(34)21-6-4-3-5-20(21)22)32(15-18-9-11-31(12-10-18)17(2)33)26(35)30-19-7-8-24(28)23(27)13-19/h3-8,13-14,16,18H,9-12,15H2,1-2H3,(H,29,34)(H,30,35)/t16-/m1/s1. The summed E-state index contributed by atoms with van der Waals surface area (Å²) < 4.78 is 13.6. The van der Waals surface area contributed by atoms with Crippen molar-refractivity contribution in [2.75, 3.05) is 25.0 Å². The van der Waals surface area contributed by atoms with E-state index in [2.05, 4.69) is 10.3 Å². The Balaban J connectivity index is 1.63. The summed E-state index contributed by atoms with van der Waals surface area (Å²) in [7, 11) is 0. The predicted octanol–water partition coefficient (Wildman–Crippen LogP) is 5.17. The molecular weight excluding hydrogens is 471 g/mol. The van der Waals surface area contributed by atoms with Gasteiger partial charge in [-0.3, -0.25) is 9.59 Å². The number of urea groups is 1. The van der Waals surface area contributed by atoms with Gasteiger partial charge in [-0.25, -0.2) is 9.18 Å². The van der Waals surface area contributed by atoms with E-state index < -0.39 is 5.82 Å². The van der Waals surface area contributed by atoms with E-state index in [1.54, 1.807) is 30.2 Å². The Morgan fingerprint density at radius 3 is 2.54 bits per heavy atom. The number of hydrogen-bond acceptors (Lipinski definition) is 3. The molecule has 0 spiro atoms. The number of aromatic amines is 1. The largest absolute Gasteiger partial charge is 0.343 e. The molecule has 7 nitrogen and oxygen atoms in total. The van der Waals surface area contributed by atoms with Gasteiger partial charge in [0.25, 0.3) is 5.56 Å². The number of carbonyl (C=O) groups excluding carboxylic acids is 2. The van der Waals surface area contributed by atoms with Crippen LogP contribution >= 0.6 is 11.6 Å². The van der Waals surface area contributed by atoms with Crippen LogP contribution in [0.2, 0.25) is 5.02 Å². The van der Waals surface area contributed by atoms with Gasteiger partial charge in [-0.1, -0.05) is 29.8 Å². The third-order valence-corrected chi connectivity index (χ3v) is 7.00. The third-order valence-electron chi connectivity index (χ3n) is 6.71. The maximum Gasteiger partial charge on any atom is 0.322 e. The van der Waals surface area contributed by atoms with Gasteiger partial charge in [0, 0.05) is 43.8 Å². The Labute approximate surface area is 207 Å². The van der Waals surface area contributed by atoms with Crippen LogP contribution in [0.1, 0.15) is 38.3 Å². The van der Waals surface area contributed by atoms with Crippen molar-refractivity contribution in [1.29, 1.82) is 0 Å². The smallest absolute Gasteiger partial charge is 0.322 e. The van der Waals surface area contributed by atoms with Crippen LogP contribution < -0.4 is 10.9 Å². The first-order valence-corrected chi connectivity index (χ1v) is 12.0. The Morgan fingerprint density at radius 2 is 1.89 bits per heavy atom. The van der Waals surface area contributed by atoms with Crippen molar-refractivity contribution in [1.82, 2.24) is 14.8 Å². The second-order valence-corrected chi connectivity index (χ2v) is 9.36. The number of likely N-dealkylation sites (tertiary alicyclic amines) is 1. The molecule has 0 aliphatic carbocycles. The number of H-pyrrole nitrogens is 1. The molecule has 2 heterocycles. The zero-order valence-electron chi connectivity index (χ0n) is 19.7. The number of nitrogens with zero attached hydrogens (tertiary/aromatic N) is 2. The van der Waals surface area contributed by atoms with Gasteiger partial charge in [-0.15, -0.1) is 0 Å². The molecule has 3 amide bonds. The van der Waals surface area contributed by atoms with Crippen molar-refractivity contribution < 1.29 is 14.0 Å². The summed E-state index contributed by atoms with van der Waals surface area (Å²) in [6, 6.07) is 10.6. The molecule has 9 heteroatoms. The number of fused-ring (bicyclic) bond motifs is 1. The first-order valence-electron chi connectivity index (χ1n) is 11.6. The zero-order valence-corrected chi connectivity index (χ0v) is 20.4. The molecule has 4 rings (SSSR count). The minimum Gasteiger partial charge on any atom is -0.343 e. The number of pyridine rings is 1. The van der Waals surface area contributed by atoms with Gasteiger partial charge >= 0.3 is 6.03 Å². The molecule has 2 N–H and O–H groups in total. The monoisotopic (exact) mass is 498 g/mol. The maximum atomic E-state index is 13.6. The SMILES string of the molecule is CC(=O)N1CCC(CN(C(=O)Nc2ccc(F)c(Cl)c2)[C@H](C)c2c[nH]c(=O)c3ccccc23)CC1.